The van der Waals surface area contributed by atoms with Gasteiger partial charge in [0.05, 0.1) is 5.52 Å². The van der Waals surface area contributed by atoms with E-state index in [1.54, 1.807) is 0 Å². The quantitative estimate of drug-likeness (QED) is 0.732. The molecule has 14 heavy (non-hydrogen) atoms. The summed E-state index contributed by atoms with van der Waals surface area (Å²) in [7, 11) is 0. The van der Waals surface area contributed by atoms with Crippen molar-refractivity contribution in [1.29, 1.82) is 0 Å². The zero-order chi connectivity index (χ0) is 9.38. The highest BCUT2D eigenvalue weighted by atomic mass is 14.9. The molecule has 0 aliphatic carbocycles. The van der Waals surface area contributed by atoms with Gasteiger partial charge in [-0.25, -0.2) is 0 Å². The summed E-state index contributed by atoms with van der Waals surface area (Å²) in [6.07, 6.45) is 1.84. The van der Waals surface area contributed by atoms with Gasteiger partial charge in [0.15, 0.2) is 0 Å². The van der Waals surface area contributed by atoms with Gasteiger partial charge in [-0.3, -0.25) is 4.98 Å². The number of pyridine rings is 1. The van der Waals surface area contributed by atoms with E-state index in [1.165, 1.54) is 10.9 Å². The minimum Gasteiger partial charge on any atom is -0.315 e. The van der Waals surface area contributed by atoms with Gasteiger partial charge >= 0.3 is 0 Å². The maximum absolute atomic E-state index is 4.31. The third-order valence-electron chi connectivity index (χ3n) is 2.88. The molecular formula is C12H12N2. The first-order valence-corrected chi connectivity index (χ1v) is 4.99. The van der Waals surface area contributed by atoms with Crippen LogP contribution in [-0.2, 0) is 0 Å². The van der Waals surface area contributed by atoms with E-state index < -0.39 is 0 Å². The van der Waals surface area contributed by atoms with E-state index in [1.807, 2.05) is 12.3 Å². The summed E-state index contributed by atoms with van der Waals surface area (Å²) >= 11 is 0. The molecule has 0 radical (unpaired) electrons. The van der Waals surface area contributed by atoms with Crippen LogP contribution < -0.4 is 5.32 Å². The van der Waals surface area contributed by atoms with Gasteiger partial charge in [-0.15, -0.1) is 0 Å². The van der Waals surface area contributed by atoms with E-state index in [0.29, 0.717) is 5.92 Å². The van der Waals surface area contributed by atoms with Gasteiger partial charge in [-0.05, 0) is 23.8 Å². The third kappa shape index (κ3) is 1.19. The van der Waals surface area contributed by atoms with E-state index in [4.69, 9.17) is 0 Å². The van der Waals surface area contributed by atoms with Crippen LogP contribution in [0.2, 0.25) is 0 Å². The molecule has 1 aromatic heterocycles. The van der Waals surface area contributed by atoms with E-state index in [-0.39, 0.29) is 0 Å². The Labute approximate surface area is 83.0 Å². The Morgan fingerprint density at radius 1 is 1.21 bits per heavy atom. The Hall–Kier alpha value is -1.41. The van der Waals surface area contributed by atoms with Gasteiger partial charge in [-0.2, -0.15) is 0 Å². The summed E-state index contributed by atoms with van der Waals surface area (Å²) in [6, 6.07) is 10.7. The highest BCUT2D eigenvalue weighted by Gasteiger charge is 2.18. The maximum atomic E-state index is 4.31. The molecule has 1 aromatic carbocycles. The van der Waals surface area contributed by atoms with E-state index >= 15 is 0 Å². The van der Waals surface area contributed by atoms with Crippen LogP contribution in [0.5, 0.6) is 0 Å². The summed E-state index contributed by atoms with van der Waals surface area (Å²) in [5, 5.41) is 4.54. The predicted molar refractivity (Wildman–Crippen MR) is 57.4 cm³/mol. The second kappa shape index (κ2) is 3.07. The number of nitrogens with one attached hydrogen (secondary N) is 1. The Kier molecular flexibility index (Phi) is 1.74. The molecule has 0 bridgehead atoms. The fourth-order valence-electron chi connectivity index (χ4n) is 1.87. The van der Waals surface area contributed by atoms with Gasteiger partial charge in [0.2, 0.25) is 0 Å². The molecule has 1 aliphatic rings. The molecule has 1 fully saturated rings. The van der Waals surface area contributed by atoms with Gasteiger partial charge in [0, 0.05) is 30.6 Å². The molecule has 2 aromatic rings. The molecule has 0 atom stereocenters. The molecule has 1 aliphatic heterocycles. The first kappa shape index (κ1) is 7.94. The molecular weight excluding hydrogens is 172 g/mol. The number of hydrogen-bond acceptors (Lipinski definition) is 2. The van der Waals surface area contributed by atoms with Crippen LogP contribution in [0.4, 0.5) is 0 Å². The number of rotatable bonds is 1. The largest absolute Gasteiger partial charge is 0.315 e. The van der Waals surface area contributed by atoms with E-state index in [2.05, 4.69) is 34.6 Å². The topological polar surface area (TPSA) is 24.9 Å². The van der Waals surface area contributed by atoms with Gasteiger partial charge in [0.25, 0.3) is 0 Å². The zero-order valence-corrected chi connectivity index (χ0v) is 7.90. The summed E-state index contributed by atoms with van der Waals surface area (Å²) in [4.78, 5) is 4.31. The van der Waals surface area contributed by atoms with Crippen molar-refractivity contribution in [3.05, 3.63) is 42.1 Å². The van der Waals surface area contributed by atoms with Crippen molar-refractivity contribution in [2.75, 3.05) is 13.1 Å². The second-order valence-corrected chi connectivity index (χ2v) is 3.81. The van der Waals surface area contributed by atoms with Crippen molar-refractivity contribution in [2.45, 2.75) is 5.92 Å². The number of aromatic nitrogens is 1. The van der Waals surface area contributed by atoms with E-state index in [0.717, 1.165) is 18.6 Å². The molecule has 2 heteroatoms. The van der Waals surface area contributed by atoms with Crippen molar-refractivity contribution in [2.24, 2.45) is 0 Å². The molecule has 0 spiro atoms. The van der Waals surface area contributed by atoms with Crippen LogP contribution in [-0.4, -0.2) is 18.1 Å². The van der Waals surface area contributed by atoms with Gasteiger partial charge in [0.1, 0.15) is 0 Å². The fourth-order valence-corrected chi connectivity index (χ4v) is 1.87. The lowest BCUT2D eigenvalue weighted by Gasteiger charge is -2.27. The minimum absolute atomic E-state index is 0.708. The summed E-state index contributed by atoms with van der Waals surface area (Å²) in [5.41, 5.74) is 2.52. The van der Waals surface area contributed by atoms with E-state index in [9.17, 15) is 0 Å². The Balaban J connectivity index is 2.10. The lowest BCUT2D eigenvalue weighted by molar-refractivity contribution is 0.449. The summed E-state index contributed by atoms with van der Waals surface area (Å²) in [6.45, 7) is 2.23. The highest BCUT2D eigenvalue weighted by Crippen LogP contribution is 2.23. The van der Waals surface area contributed by atoms with Crippen LogP contribution in [0.1, 0.15) is 11.5 Å². The molecule has 2 nitrogen and oxygen atoms in total. The van der Waals surface area contributed by atoms with Crippen molar-refractivity contribution >= 4 is 10.9 Å². The number of benzene rings is 1. The summed E-state index contributed by atoms with van der Waals surface area (Å²) < 4.78 is 0. The standard InChI is InChI=1S/C12H12N2/c1-2-10-6-9(11-7-13-8-11)3-4-12(10)14-5-1/h1-6,11,13H,7-8H2. The normalized spacial score (nSPS) is 16.9. The fraction of sp³-hybridized carbons (Fsp3) is 0.250. The van der Waals surface area contributed by atoms with Crippen LogP contribution in [0, 0.1) is 0 Å². The molecule has 0 amide bonds. The van der Waals surface area contributed by atoms with Crippen molar-refractivity contribution in [3.63, 3.8) is 0 Å². The first-order valence-electron chi connectivity index (χ1n) is 4.99. The van der Waals surface area contributed by atoms with Crippen molar-refractivity contribution < 1.29 is 0 Å². The number of fused-ring (bicyclic) bond motifs is 1. The smallest absolute Gasteiger partial charge is 0.0702 e. The average molecular weight is 184 g/mol. The second-order valence-electron chi connectivity index (χ2n) is 3.81. The SMILES string of the molecule is c1cnc2ccc(C3CNC3)cc2c1. The van der Waals surface area contributed by atoms with Gasteiger partial charge in [-0.1, -0.05) is 12.1 Å². The average Bonchev–Trinajstić information content (AvgIpc) is 2.15. The van der Waals surface area contributed by atoms with Crippen LogP contribution in [0.15, 0.2) is 36.5 Å². The van der Waals surface area contributed by atoms with Crippen LogP contribution >= 0.6 is 0 Å². The van der Waals surface area contributed by atoms with Crippen LogP contribution in [0.25, 0.3) is 10.9 Å². The van der Waals surface area contributed by atoms with Crippen molar-refractivity contribution in [1.82, 2.24) is 10.3 Å². The summed E-state index contributed by atoms with van der Waals surface area (Å²) in [5.74, 6) is 0.708. The first-order chi connectivity index (χ1) is 6.93. The van der Waals surface area contributed by atoms with Crippen molar-refractivity contribution in [3.8, 4) is 0 Å². The highest BCUT2D eigenvalue weighted by molar-refractivity contribution is 5.79. The molecule has 0 unspecified atom stereocenters. The Morgan fingerprint density at radius 3 is 2.93 bits per heavy atom. The number of nitrogens with zero attached hydrogens (tertiary/aromatic N) is 1. The lowest BCUT2D eigenvalue weighted by atomic mass is 9.93. The molecule has 3 rings (SSSR count). The minimum atomic E-state index is 0.708. The maximum Gasteiger partial charge on any atom is 0.0702 e. The third-order valence-corrected chi connectivity index (χ3v) is 2.88. The predicted octanol–water partition coefficient (Wildman–Crippen LogP) is 1.92. The Bertz CT molecular complexity index is 461. The molecule has 1 saturated heterocycles. The van der Waals surface area contributed by atoms with Crippen LogP contribution in [0.3, 0.4) is 0 Å². The Morgan fingerprint density at radius 2 is 2.14 bits per heavy atom. The molecule has 0 saturated carbocycles. The lowest BCUT2D eigenvalue weighted by Crippen LogP contribution is -2.39. The molecule has 1 N–H and O–H groups in total. The number of hydrogen-bond donors (Lipinski definition) is 1. The molecule has 70 valence electrons. The zero-order valence-electron chi connectivity index (χ0n) is 7.90. The molecule has 2 heterocycles. The van der Waals surface area contributed by atoms with Gasteiger partial charge < -0.3 is 5.32 Å². The monoisotopic (exact) mass is 184 g/mol.